The van der Waals surface area contributed by atoms with Crippen LogP contribution in [0.25, 0.3) is 0 Å². The number of hydrogen-bond acceptors (Lipinski definition) is 2. The van der Waals surface area contributed by atoms with Crippen molar-refractivity contribution in [3.8, 4) is 0 Å². The average molecular weight is 292 g/mol. The first-order chi connectivity index (χ1) is 9.10. The van der Waals surface area contributed by atoms with Gasteiger partial charge in [-0.25, -0.2) is 8.78 Å². The summed E-state index contributed by atoms with van der Waals surface area (Å²) in [6, 6.07) is 3.79. The van der Waals surface area contributed by atoms with Crippen LogP contribution < -0.4 is 0 Å². The minimum Gasteiger partial charge on any atom is -0.383 e. The molecule has 1 aromatic rings. The standard InChI is InChI=1S/C13H16ClF2NO2/c1-19-8-7-17(6-5-14)12(18)9-10-3-2-4-11(15)13(10)16/h2-4H,5-9H2,1H3. The number of amides is 1. The monoisotopic (exact) mass is 291 g/mol. The molecule has 106 valence electrons. The zero-order valence-electron chi connectivity index (χ0n) is 10.7. The van der Waals surface area contributed by atoms with E-state index >= 15 is 0 Å². The number of benzene rings is 1. The van der Waals surface area contributed by atoms with Gasteiger partial charge in [-0.1, -0.05) is 12.1 Å². The fourth-order valence-electron chi connectivity index (χ4n) is 1.62. The first kappa shape index (κ1) is 15.9. The smallest absolute Gasteiger partial charge is 0.227 e. The molecule has 0 saturated heterocycles. The molecule has 0 spiro atoms. The summed E-state index contributed by atoms with van der Waals surface area (Å²) in [4.78, 5) is 13.5. The molecule has 0 heterocycles. The van der Waals surface area contributed by atoms with Crippen LogP contribution in [0.2, 0.25) is 0 Å². The molecule has 19 heavy (non-hydrogen) atoms. The fraction of sp³-hybridized carbons (Fsp3) is 0.462. The lowest BCUT2D eigenvalue weighted by atomic mass is 10.1. The molecule has 0 N–H and O–H groups in total. The third-order valence-corrected chi connectivity index (χ3v) is 2.81. The molecule has 0 aromatic heterocycles. The van der Waals surface area contributed by atoms with Crippen molar-refractivity contribution >= 4 is 17.5 Å². The van der Waals surface area contributed by atoms with Crippen LogP contribution in [-0.2, 0) is 16.0 Å². The Morgan fingerprint density at radius 3 is 2.74 bits per heavy atom. The number of nitrogens with zero attached hydrogens (tertiary/aromatic N) is 1. The Morgan fingerprint density at radius 1 is 1.37 bits per heavy atom. The van der Waals surface area contributed by atoms with Gasteiger partial charge in [0.1, 0.15) is 0 Å². The Hall–Kier alpha value is -1.20. The summed E-state index contributed by atoms with van der Waals surface area (Å²) < 4.78 is 31.4. The van der Waals surface area contributed by atoms with E-state index in [-0.39, 0.29) is 23.8 Å². The van der Waals surface area contributed by atoms with E-state index in [9.17, 15) is 13.6 Å². The van der Waals surface area contributed by atoms with Gasteiger partial charge in [-0.15, -0.1) is 11.6 Å². The van der Waals surface area contributed by atoms with E-state index in [1.807, 2.05) is 0 Å². The molecular weight excluding hydrogens is 276 g/mol. The number of carbonyl (C=O) groups excluding carboxylic acids is 1. The van der Waals surface area contributed by atoms with Crippen molar-refractivity contribution in [1.82, 2.24) is 4.90 Å². The number of ether oxygens (including phenoxy) is 1. The van der Waals surface area contributed by atoms with Gasteiger partial charge in [-0.2, -0.15) is 0 Å². The van der Waals surface area contributed by atoms with Gasteiger partial charge in [0, 0.05) is 31.6 Å². The maximum Gasteiger partial charge on any atom is 0.227 e. The van der Waals surface area contributed by atoms with Gasteiger partial charge in [0.25, 0.3) is 0 Å². The lowest BCUT2D eigenvalue weighted by molar-refractivity contribution is -0.130. The summed E-state index contributed by atoms with van der Waals surface area (Å²) in [5.41, 5.74) is 0.0435. The van der Waals surface area contributed by atoms with Crippen molar-refractivity contribution in [2.24, 2.45) is 0 Å². The van der Waals surface area contributed by atoms with Gasteiger partial charge in [-0.05, 0) is 6.07 Å². The van der Waals surface area contributed by atoms with E-state index in [2.05, 4.69) is 0 Å². The molecule has 0 aliphatic heterocycles. The van der Waals surface area contributed by atoms with Gasteiger partial charge >= 0.3 is 0 Å². The van der Waals surface area contributed by atoms with Crippen molar-refractivity contribution in [3.05, 3.63) is 35.4 Å². The number of carbonyl (C=O) groups is 1. The van der Waals surface area contributed by atoms with Crippen LogP contribution >= 0.6 is 11.6 Å². The Bertz CT molecular complexity index is 429. The molecule has 3 nitrogen and oxygen atoms in total. The number of rotatable bonds is 7. The van der Waals surface area contributed by atoms with Crippen molar-refractivity contribution in [2.75, 3.05) is 32.7 Å². The summed E-state index contributed by atoms with van der Waals surface area (Å²) in [6.07, 6.45) is -0.190. The number of alkyl halides is 1. The van der Waals surface area contributed by atoms with Gasteiger partial charge < -0.3 is 9.64 Å². The van der Waals surface area contributed by atoms with Crippen LogP contribution in [0.1, 0.15) is 5.56 Å². The third kappa shape index (κ3) is 4.76. The SMILES string of the molecule is COCCN(CCCl)C(=O)Cc1cccc(F)c1F. The summed E-state index contributed by atoms with van der Waals surface area (Å²) in [7, 11) is 1.52. The first-order valence-corrected chi connectivity index (χ1v) is 6.39. The molecule has 0 saturated carbocycles. The zero-order valence-corrected chi connectivity index (χ0v) is 11.4. The molecule has 0 bridgehead atoms. The van der Waals surface area contributed by atoms with Crippen LogP contribution in [0.4, 0.5) is 8.78 Å². The van der Waals surface area contributed by atoms with Crippen LogP contribution in [-0.4, -0.2) is 43.5 Å². The Balaban J connectivity index is 2.72. The molecule has 1 rings (SSSR count). The highest BCUT2D eigenvalue weighted by Crippen LogP contribution is 2.13. The second kappa shape index (κ2) is 8.07. The molecule has 0 aliphatic carbocycles. The Kier molecular flexibility index (Phi) is 6.73. The first-order valence-electron chi connectivity index (χ1n) is 5.85. The topological polar surface area (TPSA) is 29.5 Å². The minimum atomic E-state index is -0.978. The molecular formula is C13H16ClF2NO2. The molecule has 0 radical (unpaired) electrons. The quantitative estimate of drug-likeness (QED) is 0.721. The van der Waals surface area contributed by atoms with Gasteiger partial charge in [0.05, 0.1) is 13.0 Å². The lowest BCUT2D eigenvalue weighted by Crippen LogP contribution is -2.36. The molecule has 0 atom stereocenters. The van der Waals surface area contributed by atoms with Crippen LogP contribution in [0.3, 0.4) is 0 Å². The van der Waals surface area contributed by atoms with Crippen molar-refractivity contribution < 1.29 is 18.3 Å². The summed E-state index contributed by atoms with van der Waals surface area (Å²) >= 11 is 5.61. The van der Waals surface area contributed by atoms with Crippen molar-refractivity contribution in [3.63, 3.8) is 0 Å². The number of halogens is 3. The predicted molar refractivity (Wildman–Crippen MR) is 69.2 cm³/mol. The maximum absolute atomic E-state index is 13.5. The van der Waals surface area contributed by atoms with E-state index in [1.165, 1.54) is 24.1 Å². The summed E-state index contributed by atoms with van der Waals surface area (Å²) in [5, 5.41) is 0. The van der Waals surface area contributed by atoms with Gasteiger partial charge in [0.15, 0.2) is 11.6 Å². The predicted octanol–water partition coefficient (Wildman–Crippen LogP) is 2.22. The number of hydrogen-bond donors (Lipinski definition) is 0. The molecule has 1 aromatic carbocycles. The van der Waals surface area contributed by atoms with Crippen molar-refractivity contribution in [1.29, 1.82) is 0 Å². The summed E-state index contributed by atoms with van der Waals surface area (Å²) in [5.74, 6) is -1.96. The van der Waals surface area contributed by atoms with E-state index in [4.69, 9.17) is 16.3 Å². The van der Waals surface area contributed by atoms with Gasteiger partial charge in [-0.3, -0.25) is 4.79 Å². The van der Waals surface area contributed by atoms with Crippen LogP contribution in [0.15, 0.2) is 18.2 Å². The Morgan fingerprint density at radius 2 is 2.11 bits per heavy atom. The number of methoxy groups -OCH3 is 1. The molecule has 0 aliphatic rings. The zero-order chi connectivity index (χ0) is 14.3. The highest BCUT2D eigenvalue weighted by atomic mass is 35.5. The van der Waals surface area contributed by atoms with E-state index < -0.39 is 11.6 Å². The second-order valence-corrected chi connectivity index (χ2v) is 4.33. The minimum absolute atomic E-state index is 0.0435. The molecule has 1 amide bonds. The normalized spacial score (nSPS) is 10.5. The molecule has 0 unspecified atom stereocenters. The lowest BCUT2D eigenvalue weighted by Gasteiger charge is -2.21. The summed E-state index contributed by atoms with van der Waals surface area (Å²) in [6.45, 7) is 1.09. The average Bonchev–Trinajstić information content (AvgIpc) is 2.39. The third-order valence-electron chi connectivity index (χ3n) is 2.65. The molecule has 0 fully saturated rings. The maximum atomic E-state index is 13.5. The highest BCUT2D eigenvalue weighted by molar-refractivity contribution is 6.18. The van der Waals surface area contributed by atoms with Crippen LogP contribution in [0, 0.1) is 11.6 Å². The molecule has 6 heteroatoms. The van der Waals surface area contributed by atoms with Crippen molar-refractivity contribution in [2.45, 2.75) is 6.42 Å². The van der Waals surface area contributed by atoms with E-state index in [1.54, 1.807) is 0 Å². The van der Waals surface area contributed by atoms with E-state index in [0.29, 0.717) is 19.7 Å². The van der Waals surface area contributed by atoms with Gasteiger partial charge in [0.2, 0.25) is 5.91 Å². The second-order valence-electron chi connectivity index (χ2n) is 3.95. The highest BCUT2D eigenvalue weighted by Gasteiger charge is 2.16. The van der Waals surface area contributed by atoms with Crippen LogP contribution in [0.5, 0.6) is 0 Å². The van der Waals surface area contributed by atoms with E-state index in [0.717, 1.165) is 6.07 Å². The largest absolute Gasteiger partial charge is 0.383 e. The fourth-order valence-corrected chi connectivity index (χ4v) is 1.83. The Labute approximate surface area is 116 Å².